The minimum Gasteiger partial charge on any atom is -0.495 e. The predicted molar refractivity (Wildman–Crippen MR) is 73.5 cm³/mol. The molecule has 1 aromatic carbocycles. The van der Waals surface area contributed by atoms with Crippen LogP contribution >= 0.6 is 0 Å². The quantitative estimate of drug-likeness (QED) is 0.539. The van der Waals surface area contributed by atoms with Crippen LogP contribution in [0.1, 0.15) is 31.7 Å². The second kappa shape index (κ2) is 7.96. The number of hydrogen-bond acceptors (Lipinski definition) is 3. The van der Waals surface area contributed by atoms with Gasteiger partial charge in [0.15, 0.2) is 0 Å². The molecule has 0 atom stereocenters. The number of rotatable bonds is 8. The summed E-state index contributed by atoms with van der Waals surface area (Å²) in [5.74, 6) is 0.754. The molecule has 17 heavy (non-hydrogen) atoms. The SMILES string of the molecule is CCCCCNCCc1ccc(OC)c(N)c1. The lowest BCUT2D eigenvalue weighted by atomic mass is 10.1. The summed E-state index contributed by atoms with van der Waals surface area (Å²) in [4.78, 5) is 0. The maximum atomic E-state index is 5.86. The van der Waals surface area contributed by atoms with E-state index in [2.05, 4.69) is 18.3 Å². The van der Waals surface area contributed by atoms with Crippen molar-refractivity contribution in [2.24, 2.45) is 0 Å². The highest BCUT2D eigenvalue weighted by atomic mass is 16.5. The Morgan fingerprint density at radius 3 is 2.71 bits per heavy atom. The van der Waals surface area contributed by atoms with E-state index in [1.54, 1.807) is 7.11 Å². The monoisotopic (exact) mass is 236 g/mol. The molecule has 0 fully saturated rings. The summed E-state index contributed by atoms with van der Waals surface area (Å²) in [6.45, 7) is 4.34. The molecule has 3 nitrogen and oxygen atoms in total. The Kier molecular flexibility index (Phi) is 6.48. The van der Waals surface area contributed by atoms with E-state index in [1.807, 2.05) is 12.1 Å². The first-order chi connectivity index (χ1) is 8.27. The number of methoxy groups -OCH3 is 1. The van der Waals surface area contributed by atoms with E-state index in [-0.39, 0.29) is 0 Å². The van der Waals surface area contributed by atoms with Crippen LogP contribution in [-0.4, -0.2) is 20.2 Å². The zero-order valence-corrected chi connectivity index (χ0v) is 11.0. The topological polar surface area (TPSA) is 47.3 Å². The van der Waals surface area contributed by atoms with Crippen LogP contribution in [-0.2, 0) is 6.42 Å². The molecule has 1 rings (SSSR count). The number of ether oxygens (including phenoxy) is 1. The van der Waals surface area contributed by atoms with Gasteiger partial charge >= 0.3 is 0 Å². The summed E-state index contributed by atoms with van der Waals surface area (Å²) in [6.07, 6.45) is 4.86. The minimum absolute atomic E-state index is 0.719. The van der Waals surface area contributed by atoms with Gasteiger partial charge in [-0.05, 0) is 43.6 Å². The molecule has 3 N–H and O–H groups in total. The van der Waals surface area contributed by atoms with Crippen molar-refractivity contribution in [3.63, 3.8) is 0 Å². The minimum atomic E-state index is 0.719. The first-order valence-electron chi connectivity index (χ1n) is 6.41. The van der Waals surface area contributed by atoms with Crippen molar-refractivity contribution in [2.75, 3.05) is 25.9 Å². The fourth-order valence-electron chi connectivity index (χ4n) is 1.80. The van der Waals surface area contributed by atoms with Crippen molar-refractivity contribution in [1.82, 2.24) is 5.32 Å². The summed E-state index contributed by atoms with van der Waals surface area (Å²) in [7, 11) is 1.64. The zero-order chi connectivity index (χ0) is 12.5. The van der Waals surface area contributed by atoms with Crippen LogP contribution in [0.15, 0.2) is 18.2 Å². The molecule has 0 spiro atoms. The predicted octanol–water partition coefficient (Wildman–Crippen LogP) is 2.60. The number of nitrogens with one attached hydrogen (secondary N) is 1. The molecule has 0 saturated heterocycles. The maximum Gasteiger partial charge on any atom is 0.141 e. The third-order valence-electron chi connectivity index (χ3n) is 2.84. The van der Waals surface area contributed by atoms with Gasteiger partial charge in [-0.25, -0.2) is 0 Å². The van der Waals surface area contributed by atoms with Gasteiger partial charge in [-0.1, -0.05) is 25.8 Å². The molecule has 0 aliphatic rings. The normalized spacial score (nSPS) is 10.5. The van der Waals surface area contributed by atoms with Gasteiger partial charge < -0.3 is 15.8 Å². The van der Waals surface area contributed by atoms with Crippen LogP contribution < -0.4 is 15.8 Å². The molecule has 96 valence electrons. The first kappa shape index (κ1) is 13.8. The summed E-state index contributed by atoms with van der Waals surface area (Å²) in [6, 6.07) is 6.00. The molecule has 0 aromatic heterocycles. The van der Waals surface area contributed by atoms with Crippen LogP contribution in [0, 0.1) is 0 Å². The number of benzene rings is 1. The number of hydrogen-bond donors (Lipinski definition) is 2. The average Bonchev–Trinajstić information content (AvgIpc) is 2.34. The lowest BCUT2D eigenvalue weighted by Gasteiger charge is -2.08. The van der Waals surface area contributed by atoms with E-state index >= 15 is 0 Å². The van der Waals surface area contributed by atoms with Gasteiger partial charge in [0.25, 0.3) is 0 Å². The van der Waals surface area contributed by atoms with Crippen molar-refractivity contribution in [3.05, 3.63) is 23.8 Å². The summed E-state index contributed by atoms with van der Waals surface area (Å²) >= 11 is 0. The van der Waals surface area contributed by atoms with E-state index in [0.717, 1.165) is 30.9 Å². The molecule has 0 heterocycles. The van der Waals surface area contributed by atoms with E-state index in [1.165, 1.54) is 24.8 Å². The van der Waals surface area contributed by atoms with Crippen molar-refractivity contribution >= 4 is 5.69 Å². The molecular weight excluding hydrogens is 212 g/mol. The summed E-state index contributed by atoms with van der Waals surface area (Å²) < 4.78 is 5.13. The summed E-state index contributed by atoms with van der Waals surface area (Å²) in [5.41, 5.74) is 7.83. The van der Waals surface area contributed by atoms with Gasteiger partial charge in [-0.3, -0.25) is 0 Å². The Labute approximate surface area is 104 Å². The molecule has 3 heteroatoms. The Morgan fingerprint density at radius 2 is 2.06 bits per heavy atom. The second-order valence-corrected chi connectivity index (χ2v) is 4.28. The first-order valence-corrected chi connectivity index (χ1v) is 6.41. The van der Waals surface area contributed by atoms with Crippen molar-refractivity contribution in [2.45, 2.75) is 32.6 Å². The molecule has 0 bridgehead atoms. The molecule has 0 unspecified atom stereocenters. The Bertz CT molecular complexity index is 326. The molecular formula is C14H24N2O. The third-order valence-corrected chi connectivity index (χ3v) is 2.84. The van der Waals surface area contributed by atoms with E-state index in [9.17, 15) is 0 Å². The highest BCUT2D eigenvalue weighted by Crippen LogP contribution is 2.21. The van der Waals surface area contributed by atoms with Crippen molar-refractivity contribution in [3.8, 4) is 5.75 Å². The molecule has 1 aromatic rings. The number of anilines is 1. The smallest absolute Gasteiger partial charge is 0.141 e. The lowest BCUT2D eigenvalue weighted by Crippen LogP contribution is -2.18. The van der Waals surface area contributed by atoms with Gasteiger partial charge in [0.2, 0.25) is 0 Å². The Hall–Kier alpha value is -1.22. The third kappa shape index (κ3) is 5.09. The molecule has 0 aliphatic carbocycles. The molecule has 0 aliphatic heterocycles. The van der Waals surface area contributed by atoms with E-state index in [4.69, 9.17) is 10.5 Å². The van der Waals surface area contributed by atoms with Gasteiger partial charge in [0.1, 0.15) is 5.75 Å². The van der Waals surface area contributed by atoms with Gasteiger partial charge in [0, 0.05) is 0 Å². The highest BCUT2D eigenvalue weighted by Gasteiger charge is 2.00. The maximum absolute atomic E-state index is 5.86. The fraction of sp³-hybridized carbons (Fsp3) is 0.571. The highest BCUT2D eigenvalue weighted by molar-refractivity contribution is 5.54. The van der Waals surface area contributed by atoms with Crippen molar-refractivity contribution < 1.29 is 4.74 Å². The molecule has 0 amide bonds. The van der Waals surface area contributed by atoms with E-state index in [0.29, 0.717) is 0 Å². The Balaban J connectivity index is 2.25. The molecule has 0 radical (unpaired) electrons. The van der Waals surface area contributed by atoms with Crippen LogP contribution in [0.25, 0.3) is 0 Å². The Morgan fingerprint density at radius 1 is 1.24 bits per heavy atom. The zero-order valence-electron chi connectivity index (χ0n) is 11.0. The van der Waals surface area contributed by atoms with Crippen LogP contribution in [0.2, 0.25) is 0 Å². The largest absolute Gasteiger partial charge is 0.495 e. The van der Waals surface area contributed by atoms with Crippen molar-refractivity contribution in [1.29, 1.82) is 0 Å². The van der Waals surface area contributed by atoms with E-state index < -0.39 is 0 Å². The number of unbranched alkanes of at least 4 members (excludes halogenated alkanes) is 2. The lowest BCUT2D eigenvalue weighted by molar-refractivity contribution is 0.417. The number of nitrogens with two attached hydrogens (primary N) is 1. The van der Waals surface area contributed by atoms with Crippen LogP contribution in [0.3, 0.4) is 0 Å². The van der Waals surface area contributed by atoms with Crippen LogP contribution in [0.5, 0.6) is 5.75 Å². The fourth-order valence-corrected chi connectivity index (χ4v) is 1.80. The van der Waals surface area contributed by atoms with Crippen LogP contribution in [0.4, 0.5) is 5.69 Å². The summed E-state index contributed by atoms with van der Waals surface area (Å²) in [5, 5.41) is 3.44. The standard InChI is InChI=1S/C14H24N2O/c1-3-4-5-9-16-10-8-12-6-7-14(17-2)13(15)11-12/h6-7,11,16H,3-5,8-10,15H2,1-2H3. The molecule has 0 saturated carbocycles. The van der Waals surface area contributed by atoms with Gasteiger partial charge in [-0.2, -0.15) is 0 Å². The average molecular weight is 236 g/mol. The second-order valence-electron chi connectivity index (χ2n) is 4.28. The van der Waals surface area contributed by atoms with Gasteiger partial charge in [0.05, 0.1) is 12.8 Å². The van der Waals surface area contributed by atoms with Gasteiger partial charge in [-0.15, -0.1) is 0 Å². The number of nitrogen functional groups attached to an aromatic ring is 1.